The lowest BCUT2D eigenvalue weighted by Crippen LogP contribution is -2.31. The molecule has 0 saturated carbocycles. The van der Waals surface area contributed by atoms with E-state index < -0.39 is 12.2 Å². The minimum Gasteiger partial charge on any atom is -0.447 e. The number of rotatable bonds is 6. The van der Waals surface area contributed by atoms with Gasteiger partial charge in [-0.3, -0.25) is 5.32 Å². The van der Waals surface area contributed by atoms with Crippen molar-refractivity contribution in [3.8, 4) is 0 Å². The van der Waals surface area contributed by atoms with E-state index in [1.165, 1.54) is 0 Å². The van der Waals surface area contributed by atoms with E-state index in [1.807, 2.05) is 32.9 Å². The number of hydrogen-bond donors (Lipinski definition) is 2. The molecule has 0 radical (unpaired) electrons. The van der Waals surface area contributed by atoms with E-state index in [2.05, 4.69) is 10.6 Å². The first-order valence-corrected chi connectivity index (χ1v) is 6.96. The van der Waals surface area contributed by atoms with Gasteiger partial charge in [0.05, 0.1) is 6.54 Å². The summed E-state index contributed by atoms with van der Waals surface area (Å²) in [5.74, 6) is 0. The predicted molar refractivity (Wildman–Crippen MR) is 80.4 cm³/mol. The lowest BCUT2D eigenvalue weighted by atomic mass is 10.2. The van der Waals surface area contributed by atoms with Gasteiger partial charge in [0, 0.05) is 5.69 Å². The zero-order chi connectivity index (χ0) is 15.7. The lowest BCUT2D eigenvalue weighted by Gasteiger charge is -2.12. The number of carbonyl (C=O) groups excluding carboxylic acids is 2. The number of hydrogen-bond acceptors (Lipinski definition) is 4. The van der Waals surface area contributed by atoms with Crippen molar-refractivity contribution in [2.75, 3.05) is 18.5 Å². The van der Waals surface area contributed by atoms with Crippen molar-refractivity contribution in [1.29, 1.82) is 0 Å². The highest BCUT2D eigenvalue weighted by Crippen LogP contribution is 2.08. The Balaban J connectivity index is 2.16. The first kappa shape index (κ1) is 16.8. The van der Waals surface area contributed by atoms with Crippen LogP contribution in [0, 0.1) is 6.92 Å². The van der Waals surface area contributed by atoms with Gasteiger partial charge in [0.1, 0.15) is 12.7 Å². The van der Waals surface area contributed by atoms with Crippen molar-refractivity contribution in [2.24, 2.45) is 0 Å². The van der Waals surface area contributed by atoms with Crippen molar-refractivity contribution >= 4 is 17.9 Å². The molecule has 1 rings (SSSR count). The summed E-state index contributed by atoms with van der Waals surface area (Å²) in [4.78, 5) is 22.8. The Kier molecular flexibility index (Phi) is 7.08. The Hall–Kier alpha value is -2.24. The molecule has 0 aromatic heterocycles. The highest BCUT2D eigenvalue weighted by molar-refractivity contribution is 5.84. The summed E-state index contributed by atoms with van der Waals surface area (Å²) in [6.07, 6.45) is -0.443. The van der Waals surface area contributed by atoms with Crippen molar-refractivity contribution in [3.05, 3.63) is 29.8 Å². The summed E-state index contributed by atoms with van der Waals surface area (Å²) in [5.41, 5.74) is 1.77. The molecule has 0 aliphatic heterocycles. The van der Waals surface area contributed by atoms with E-state index in [1.54, 1.807) is 12.1 Å². The molecule has 21 heavy (non-hydrogen) atoms. The topological polar surface area (TPSA) is 76.7 Å². The monoisotopic (exact) mass is 294 g/mol. The van der Waals surface area contributed by atoms with Crippen molar-refractivity contribution in [1.82, 2.24) is 5.32 Å². The average Bonchev–Trinajstić information content (AvgIpc) is 2.46. The number of amides is 2. The van der Waals surface area contributed by atoms with Gasteiger partial charge in [0.2, 0.25) is 0 Å². The van der Waals surface area contributed by atoms with Crippen LogP contribution in [0.25, 0.3) is 0 Å². The molecule has 0 bridgehead atoms. The molecule has 1 atom stereocenters. The van der Waals surface area contributed by atoms with Gasteiger partial charge < -0.3 is 14.8 Å². The molecular formula is C15H22N2O4. The lowest BCUT2D eigenvalue weighted by molar-refractivity contribution is 0.101. The summed E-state index contributed by atoms with van der Waals surface area (Å²) >= 11 is 0. The van der Waals surface area contributed by atoms with Gasteiger partial charge in [-0.15, -0.1) is 0 Å². The molecule has 2 amide bonds. The van der Waals surface area contributed by atoms with E-state index in [0.29, 0.717) is 5.69 Å². The highest BCUT2D eigenvalue weighted by atomic mass is 16.6. The second-order valence-electron chi connectivity index (χ2n) is 4.68. The summed E-state index contributed by atoms with van der Waals surface area (Å²) in [6.45, 7) is 5.98. The van der Waals surface area contributed by atoms with Crippen LogP contribution in [0.1, 0.15) is 25.8 Å². The third-order valence-corrected chi connectivity index (χ3v) is 2.79. The molecule has 6 heteroatoms. The molecule has 116 valence electrons. The number of alkyl carbamates (subject to hydrolysis) is 1. The number of benzene rings is 1. The Bertz CT molecular complexity index is 459. The largest absolute Gasteiger partial charge is 0.447 e. The second-order valence-corrected chi connectivity index (χ2v) is 4.68. The number of aryl methyl sites for hydroxylation is 1. The van der Waals surface area contributed by atoms with Crippen molar-refractivity contribution in [3.63, 3.8) is 0 Å². The van der Waals surface area contributed by atoms with Crippen LogP contribution in [-0.4, -0.2) is 31.4 Å². The summed E-state index contributed by atoms with van der Waals surface area (Å²) in [5, 5.41) is 5.10. The fraction of sp³-hybridized carbons (Fsp3) is 0.467. The van der Waals surface area contributed by atoms with E-state index in [9.17, 15) is 9.59 Å². The van der Waals surface area contributed by atoms with E-state index >= 15 is 0 Å². The Morgan fingerprint density at radius 2 is 1.86 bits per heavy atom. The fourth-order valence-electron chi connectivity index (χ4n) is 1.40. The fourth-order valence-corrected chi connectivity index (χ4v) is 1.40. The Labute approximate surface area is 124 Å². The van der Waals surface area contributed by atoms with Crippen LogP contribution < -0.4 is 10.6 Å². The van der Waals surface area contributed by atoms with Gasteiger partial charge in [-0.25, -0.2) is 9.59 Å². The van der Waals surface area contributed by atoms with Crippen molar-refractivity contribution < 1.29 is 19.1 Å². The van der Waals surface area contributed by atoms with Gasteiger partial charge >= 0.3 is 12.2 Å². The molecule has 0 fully saturated rings. The van der Waals surface area contributed by atoms with E-state index in [0.717, 1.165) is 12.0 Å². The summed E-state index contributed by atoms with van der Waals surface area (Å²) < 4.78 is 9.94. The van der Waals surface area contributed by atoms with Crippen molar-refractivity contribution in [2.45, 2.75) is 33.3 Å². The minimum absolute atomic E-state index is 0.0767. The van der Waals surface area contributed by atoms with Gasteiger partial charge in [-0.2, -0.15) is 0 Å². The Morgan fingerprint density at radius 3 is 2.48 bits per heavy atom. The average molecular weight is 294 g/mol. The first-order chi connectivity index (χ1) is 10.0. The van der Waals surface area contributed by atoms with Gasteiger partial charge in [-0.1, -0.05) is 24.6 Å². The highest BCUT2D eigenvalue weighted by Gasteiger charge is 2.07. The summed E-state index contributed by atoms with van der Waals surface area (Å²) in [6, 6.07) is 7.36. The van der Waals surface area contributed by atoms with Gasteiger partial charge in [0.25, 0.3) is 0 Å². The normalized spacial score (nSPS) is 11.4. The maximum absolute atomic E-state index is 11.5. The Morgan fingerprint density at radius 1 is 1.19 bits per heavy atom. The standard InChI is InChI=1S/C15H22N2O4/c1-4-12(3)21-14(18)16-9-10-20-15(19)17-13-7-5-11(2)6-8-13/h5-8,12H,4,9-10H2,1-3H3,(H,16,18)(H,17,19). The smallest absolute Gasteiger partial charge is 0.411 e. The van der Waals surface area contributed by atoms with Gasteiger partial charge in [-0.05, 0) is 32.4 Å². The zero-order valence-corrected chi connectivity index (χ0v) is 12.6. The third-order valence-electron chi connectivity index (χ3n) is 2.79. The molecule has 0 heterocycles. The van der Waals surface area contributed by atoms with Crippen LogP contribution in [0.4, 0.5) is 15.3 Å². The molecule has 1 aromatic carbocycles. The van der Waals surface area contributed by atoms with Crippen LogP contribution in [0.15, 0.2) is 24.3 Å². The second kappa shape index (κ2) is 8.84. The van der Waals surface area contributed by atoms with Gasteiger partial charge in [0.15, 0.2) is 0 Å². The summed E-state index contributed by atoms with van der Waals surface area (Å²) in [7, 11) is 0. The van der Waals surface area contributed by atoms with Crippen LogP contribution in [0.3, 0.4) is 0 Å². The molecule has 0 aliphatic rings. The maximum Gasteiger partial charge on any atom is 0.411 e. The van der Waals surface area contributed by atoms with E-state index in [-0.39, 0.29) is 19.3 Å². The SMILES string of the molecule is CCC(C)OC(=O)NCCOC(=O)Nc1ccc(C)cc1. The number of ether oxygens (including phenoxy) is 2. The molecule has 1 unspecified atom stereocenters. The molecule has 2 N–H and O–H groups in total. The number of anilines is 1. The molecular weight excluding hydrogens is 272 g/mol. The van der Waals surface area contributed by atoms with Crippen LogP contribution in [0.5, 0.6) is 0 Å². The molecule has 0 saturated heterocycles. The molecule has 1 aromatic rings. The maximum atomic E-state index is 11.5. The molecule has 0 aliphatic carbocycles. The van der Waals surface area contributed by atoms with Crippen LogP contribution in [-0.2, 0) is 9.47 Å². The van der Waals surface area contributed by atoms with E-state index in [4.69, 9.17) is 9.47 Å². The molecule has 0 spiro atoms. The third kappa shape index (κ3) is 7.20. The first-order valence-electron chi connectivity index (χ1n) is 6.96. The molecule has 6 nitrogen and oxygen atoms in total. The number of nitrogens with one attached hydrogen (secondary N) is 2. The number of carbonyl (C=O) groups is 2. The predicted octanol–water partition coefficient (Wildman–Crippen LogP) is 3.07. The minimum atomic E-state index is -0.559. The quantitative estimate of drug-likeness (QED) is 0.790. The van der Waals surface area contributed by atoms with Crippen LogP contribution in [0.2, 0.25) is 0 Å². The van der Waals surface area contributed by atoms with Crippen LogP contribution >= 0.6 is 0 Å². The zero-order valence-electron chi connectivity index (χ0n) is 12.6.